The van der Waals surface area contributed by atoms with Crippen molar-refractivity contribution in [1.29, 1.82) is 0 Å². The lowest BCUT2D eigenvalue weighted by Gasteiger charge is -1.99. The lowest BCUT2D eigenvalue weighted by atomic mass is 10.1. The second-order valence-corrected chi connectivity index (χ2v) is 4.41. The van der Waals surface area contributed by atoms with Gasteiger partial charge in [-0.05, 0) is 51.9 Å². The molecule has 72 valence electrons. The Labute approximate surface area is 95.5 Å². The van der Waals surface area contributed by atoms with E-state index in [-0.39, 0.29) is 5.91 Å². The standard InChI is InChI=1S/C10H9IN2O/c11-9-2-1-6-3-8(10(14)13-12)4-7(6)5-9/h1-2,4-5H,3,12H2,(H,13,14). The van der Waals surface area contributed by atoms with Gasteiger partial charge in [0.05, 0.1) is 0 Å². The van der Waals surface area contributed by atoms with Crippen LogP contribution in [0.15, 0.2) is 23.8 Å². The van der Waals surface area contributed by atoms with E-state index < -0.39 is 0 Å². The van der Waals surface area contributed by atoms with Gasteiger partial charge in [0.15, 0.2) is 0 Å². The molecule has 0 saturated heterocycles. The van der Waals surface area contributed by atoms with Crippen LogP contribution in [0.2, 0.25) is 0 Å². The number of hydrogen-bond acceptors (Lipinski definition) is 2. The van der Waals surface area contributed by atoms with E-state index in [4.69, 9.17) is 5.84 Å². The Morgan fingerprint density at radius 2 is 2.29 bits per heavy atom. The molecule has 0 aromatic heterocycles. The van der Waals surface area contributed by atoms with Gasteiger partial charge in [-0.2, -0.15) is 0 Å². The average Bonchev–Trinajstić information content (AvgIpc) is 2.59. The number of rotatable bonds is 1. The fraction of sp³-hybridized carbons (Fsp3) is 0.100. The van der Waals surface area contributed by atoms with Crippen molar-refractivity contribution in [3.05, 3.63) is 38.5 Å². The van der Waals surface area contributed by atoms with E-state index in [1.54, 1.807) is 0 Å². The predicted octanol–water partition coefficient (Wildman–Crippen LogP) is 1.22. The summed E-state index contributed by atoms with van der Waals surface area (Å²) < 4.78 is 1.17. The van der Waals surface area contributed by atoms with Gasteiger partial charge in [0.2, 0.25) is 0 Å². The quantitative estimate of drug-likeness (QED) is 0.355. The van der Waals surface area contributed by atoms with Gasteiger partial charge in [-0.15, -0.1) is 0 Å². The normalized spacial score (nSPS) is 13.4. The Hall–Kier alpha value is -0.880. The molecule has 0 radical (unpaired) electrons. The summed E-state index contributed by atoms with van der Waals surface area (Å²) in [6.07, 6.45) is 2.56. The third kappa shape index (κ3) is 1.67. The number of carbonyl (C=O) groups is 1. The molecule has 0 heterocycles. The monoisotopic (exact) mass is 300 g/mol. The zero-order valence-corrected chi connectivity index (χ0v) is 9.54. The maximum absolute atomic E-state index is 11.3. The Kier molecular flexibility index (Phi) is 2.56. The second-order valence-electron chi connectivity index (χ2n) is 3.16. The summed E-state index contributed by atoms with van der Waals surface area (Å²) in [5, 5.41) is 0. The number of nitrogens with two attached hydrogens (primary N) is 1. The van der Waals surface area contributed by atoms with E-state index in [0.717, 1.165) is 11.1 Å². The van der Waals surface area contributed by atoms with Gasteiger partial charge in [0.25, 0.3) is 5.91 Å². The van der Waals surface area contributed by atoms with Crippen LogP contribution in [0, 0.1) is 3.57 Å². The van der Waals surface area contributed by atoms with Gasteiger partial charge in [-0.3, -0.25) is 10.2 Å². The van der Waals surface area contributed by atoms with Gasteiger partial charge in [0.1, 0.15) is 0 Å². The molecule has 14 heavy (non-hydrogen) atoms. The zero-order valence-electron chi connectivity index (χ0n) is 7.38. The van der Waals surface area contributed by atoms with Gasteiger partial charge < -0.3 is 0 Å². The number of hydrogen-bond donors (Lipinski definition) is 2. The van der Waals surface area contributed by atoms with Crippen molar-refractivity contribution in [3.63, 3.8) is 0 Å². The van der Waals surface area contributed by atoms with Crippen molar-refractivity contribution in [3.8, 4) is 0 Å². The summed E-state index contributed by atoms with van der Waals surface area (Å²) in [5.74, 6) is 4.88. The smallest absolute Gasteiger partial charge is 0.261 e. The first-order valence-corrected chi connectivity index (χ1v) is 5.28. The third-order valence-electron chi connectivity index (χ3n) is 2.24. The summed E-state index contributed by atoms with van der Waals surface area (Å²) in [7, 11) is 0. The Bertz CT molecular complexity index is 426. The molecule has 0 unspecified atom stereocenters. The van der Waals surface area contributed by atoms with Crippen LogP contribution < -0.4 is 11.3 Å². The largest absolute Gasteiger partial charge is 0.290 e. The van der Waals surface area contributed by atoms with Crippen LogP contribution in [0.25, 0.3) is 6.08 Å². The minimum Gasteiger partial charge on any atom is -0.290 e. The summed E-state index contributed by atoms with van der Waals surface area (Å²) in [6.45, 7) is 0. The van der Waals surface area contributed by atoms with Crippen LogP contribution in [0.4, 0.5) is 0 Å². The van der Waals surface area contributed by atoms with Crippen LogP contribution in [-0.4, -0.2) is 5.91 Å². The van der Waals surface area contributed by atoms with E-state index in [1.165, 1.54) is 9.13 Å². The number of hydrazine groups is 1. The molecule has 0 bridgehead atoms. The van der Waals surface area contributed by atoms with Crippen LogP contribution in [-0.2, 0) is 11.2 Å². The van der Waals surface area contributed by atoms with Gasteiger partial charge >= 0.3 is 0 Å². The number of nitrogens with one attached hydrogen (secondary N) is 1. The number of amides is 1. The maximum Gasteiger partial charge on any atom is 0.261 e. The first-order valence-electron chi connectivity index (χ1n) is 4.20. The first-order chi connectivity index (χ1) is 6.70. The molecule has 4 heteroatoms. The van der Waals surface area contributed by atoms with E-state index in [9.17, 15) is 4.79 Å². The van der Waals surface area contributed by atoms with Crippen molar-refractivity contribution in [2.45, 2.75) is 6.42 Å². The van der Waals surface area contributed by atoms with Crippen LogP contribution >= 0.6 is 22.6 Å². The second kappa shape index (κ2) is 3.70. The molecule has 3 nitrogen and oxygen atoms in total. The molecular weight excluding hydrogens is 291 g/mol. The molecule has 0 fully saturated rings. The van der Waals surface area contributed by atoms with Crippen molar-refractivity contribution < 1.29 is 4.79 Å². The number of carbonyl (C=O) groups excluding carboxylic acids is 1. The molecule has 1 aromatic rings. The average molecular weight is 300 g/mol. The van der Waals surface area contributed by atoms with E-state index in [1.807, 2.05) is 18.2 Å². The van der Waals surface area contributed by atoms with Crippen LogP contribution in [0.1, 0.15) is 11.1 Å². The Morgan fingerprint density at radius 1 is 1.50 bits per heavy atom. The van der Waals surface area contributed by atoms with E-state index in [2.05, 4.69) is 34.1 Å². The molecule has 0 saturated carbocycles. The van der Waals surface area contributed by atoms with Crippen molar-refractivity contribution >= 4 is 34.6 Å². The van der Waals surface area contributed by atoms with Gasteiger partial charge in [-0.25, -0.2) is 5.84 Å². The molecular formula is C10H9IN2O. The first kappa shape index (κ1) is 9.67. The van der Waals surface area contributed by atoms with E-state index in [0.29, 0.717) is 6.42 Å². The van der Waals surface area contributed by atoms with Gasteiger partial charge in [0, 0.05) is 15.6 Å². The topological polar surface area (TPSA) is 55.1 Å². The summed E-state index contributed by atoms with van der Waals surface area (Å²) >= 11 is 2.25. The lowest BCUT2D eigenvalue weighted by molar-refractivity contribution is -0.117. The van der Waals surface area contributed by atoms with Gasteiger partial charge in [-0.1, -0.05) is 6.07 Å². The zero-order chi connectivity index (χ0) is 10.1. The molecule has 3 N–H and O–H groups in total. The van der Waals surface area contributed by atoms with Crippen LogP contribution in [0.3, 0.4) is 0 Å². The van der Waals surface area contributed by atoms with Crippen molar-refractivity contribution in [1.82, 2.24) is 5.43 Å². The molecule has 0 atom stereocenters. The van der Waals surface area contributed by atoms with Crippen LogP contribution in [0.5, 0.6) is 0 Å². The summed E-state index contributed by atoms with van der Waals surface area (Å²) in [4.78, 5) is 11.3. The fourth-order valence-corrected chi connectivity index (χ4v) is 2.06. The maximum atomic E-state index is 11.3. The summed E-state index contributed by atoms with van der Waals surface area (Å²) in [5.41, 5.74) is 5.18. The number of fused-ring (bicyclic) bond motifs is 1. The molecule has 2 rings (SSSR count). The van der Waals surface area contributed by atoms with E-state index >= 15 is 0 Å². The third-order valence-corrected chi connectivity index (χ3v) is 2.91. The molecule has 0 spiro atoms. The van der Waals surface area contributed by atoms with Crippen molar-refractivity contribution in [2.75, 3.05) is 0 Å². The highest BCUT2D eigenvalue weighted by Gasteiger charge is 2.17. The number of benzene rings is 1. The highest BCUT2D eigenvalue weighted by Crippen LogP contribution is 2.26. The Morgan fingerprint density at radius 3 is 3.00 bits per heavy atom. The van der Waals surface area contributed by atoms with Crippen molar-refractivity contribution in [2.24, 2.45) is 5.84 Å². The lowest BCUT2D eigenvalue weighted by Crippen LogP contribution is -2.31. The minimum absolute atomic E-state index is 0.198. The highest BCUT2D eigenvalue weighted by atomic mass is 127. The summed E-state index contributed by atoms with van der Waals surface area (Å²) in [6, 6.07) is 6.15. The Balaban J connectivity index is 2.34. The fourth-order valence-electron chi connectivity index (χ4n) is 1.54. The molecule has 1 aliphatic rings. The molecule has 1 amide bonds. The molecule has 1 aliphatic carbocycles. The molecule has 1 aromatic carbocycles. The molecule has 0 aliphatic heterocycles. The SMILES string of the molecule is NNC(=O)C1=Cc2cc(I)ccc2C1. The predicted molar refractivity (Wildman–Crippen MR) is 63.2 cm³/mol. The minimum atomic E-state index is -0.198. The number of halogens is 1. The highest BCUT2D eigenvalue weighted by molar-refractivity contribution is 14.1.